The van der Waals surface area contributed by atoms with Gasteiger partial charge >= 0.3 is 0 Å². The molecular formula is C74H131N3O4. The lowest BCUT2D eigenvalue weighted by Gasteiger charge is -2.18. The summed E-state index contributed by atoms with van der Waals surface area (Å²) < 4.78 is 26.4. The van der Waals surface area contributed by atoms with Crippen LogP contribution in [0.5, 0.6) is 17.2 Å². The first-order valence-corrected chi connectivity index (χ1v) is 35.9. The average molecular weight is 1130 g/mol. The van der Waals surface area contributed by atoms with E-state index in [1.165, 1.54) is 327 Å². The van der Waals surface area contributed by atoms with Crippen LogP contribution in [0.15, 0.2) is 40.8 Å². The number of nitrogens with two attached hydrogens (primary N) is 1. The molecule has 2 N–H and O–H groups in total. The summed E-state index contributed by atoms with van der Waals surface area (Å²) in [4.78, 5) is 0. The van der Waals surface area contributed by atoms with Crippen molar-refractivity contribution in [3.8, 4) is 40.2 Å². The fourth-order valence-electron chi connectivity index (χ4n) is 11.7. The van der Waals surface area contributed by atoms with E-state index in [9.17, 15) is 0 Å². The van der Waals surface area contributed by atoms with Gasteiger partial charge < -0.3 is 24.4 Å². The predicted octanol–water partition coefficient (Wildman–Crippen LogP) is 25.2. The van der Waals surface area contributed by atoms with Gasteiger partial charge in [-0.1, -0.05) is 348 Å². The molecule has 0 aliphatic rings. The van der Waals surface area contributed by atoms with E-state index in [2.05, 4.69) is 31.0 Å². The number of nitrogens with zero attached hydrogens (tertiary/aromatic N) is 2. The molecule has 0 fully saturated rings. The third kappa shape index (κ3) is 40.6. The summed E-state index contributed by atoms with van der Waals surface area (Å²) in [6.45, 7) is 8.83. The van der Waals surface area contributed by atoms with Crippen molar-refractivity contribution in [3.63, 3.8) is 0 Å². The van der Waals surface area contributed by atoms with E-state index in [0.717, 1.165) is 30.4 Å². The fourth-order valence-corrected chi connectivity index (χ4v) is 11.7. The first-order valence-electron chi connectivity index (χ1n) is 35.9. The second-order valence-electron chi connectivity index (χ2n) is 24.9. The summed E-state index contributed by atoms with van der Waals surface area (Å²) in [7, 11) is 0. The van der Waals surface area contributed by atoms with Crippen LogP contribution in [0, 0.1) is 0 Å². The lowest BCUT2D eigenvalue weighted by atomic mass is 10.0. The summed E-state index contributed by atoms with van der Waals surface area (Å²) in [5.41, 5.74) is 8.33. The van der Waals surface area contributed by atoms with Gasteiger partial charge in [-0.25, -0.2) is 0 Å². The summed E-state index contributed by atoms with van der Waals surface area (Å²) in [6, 6.07) is 11.6. The molecule has 0 amide bonds. The number of ether oxygens (including phenoxy) is 3. The van der Waals surface area contributed by atoms with E-state index in [4.69, 9.17) is 24.4 Å². The molecule has 7 heteroatoms. The Morgan fingerprint density at radius 2 is 0.506 bits per heavy atom. The summed E-state index contributed by atoms with van der Waals surface area (Å²) >= 11 is 0. The monoisotopic (exact) mass is 1130 g/mol. The topological polar surface area (TPSA) is 92.6 Å². The van der Waals surface area contributed by atoms with E-state index in [0.29, 0.717) is 54.5 Å². The van der Waals surface area contributed by atoms with E-state index in [1.54, 1.807) is 0 Å². The van der Waals surface area contributed by atoms with Crippen LogP contribution in [0.25, 0.3) is 22.9 Å². The molecule has 0 radical (unpaired) electrons. The zero-order valence-electron chi connectivity index (χ0n) is 53.9. The van der Waals surface area contributed by atoms with Gasteiger partial charge in [0, 0.05) is 16.8 Å². The molecule has 0 unspecified atom stereocenters. The van der Waals surface area contributed by atoms with Gasteiger partial charge in [-0.05, 0) is 55.7 Å². The third-order valence-electron chi connectivity index (χ3n) is 17.1. The second kappa shape index (κ2) is 54.7. The van der Waals surface area contributed by atoms with Crippen LogP contribution in [0.4, 0.5) is 5.69 Å². The molecule has 0 aliphatic carbocycles. The van der Waals surface area contributed by atoms with Crippen LogP contribution in [-0.2, 0) is 0 Å². The van der Waals surface area contributed by atoms with Crippen molar-refractivity contribution in [2.75, 3.05) is 25.6 Å². The predicted molar refractivity (Wildman–Crippen MR) is 352 cm³/mol. The van der Waals surface area contributed by atoms with Gasteiger partial charge in [-0.2, -0.15) is 0 Å². The van der Waals surface area contributed by atoms with Crippen molar-refractivity contribution in [2.24, 2.45) is 0 Å². The minimum absolute atomic E-state index is 0.438. The highest BCUT2D eigenvalue weighted by molar-refractivity contribution is 5.67. The summed E-state index contributed by atoms with van der Waals surface area (Å²) in [6.07, 6.45) is 73.6. The van der Waals surface area contributed by atoms with Crippen molar-refractivity contribution in [1.29, 1.82) is 0 Å². The highest BCUT2D eigenvalue weighted by Crippen LogP contribution is 2.43. The molecule has 1 heterocycles. The Labute approximate surface area is 501 Å². The van der Waals surface area contributed by atoms with Crippen molar-refractivity contribution in [1.82, 2.24) is 10.2 Å². The van der Waals surface area contributed by atoms with E-state index >= 15 is 0 Å². The number of aromatic nitrogens is 2. The maximum absolute atomic E-state index is 6.73. The molecule has 0 atom stereocenters. The fraction of sp³-hybridized carbons (Fsp3) is 0.811. The molecule has 0 saturated carbocycles. The Hall–Kier alpha value is -3.22. The first kappa shape index (κ1) is 72.0. The number of unbranched alkanes of at least 4 members (excludes halogenated alkanes) is 51. The smallest absolute Gasteiger partial charge is 0.248 e. The zero-order valence-corrected chi connectivity index (χ0v) is 53.9. The van der Waals surface area contributed by atoms with E-state index in [-0.39, 0.29) is 0 Å². The standard InChI is InChI=1S/C74H131N3O4/c1-4-7-10-13-16-19-22-25-28-31-34-37-40-43-46-49-52-55-62-78-70-65-68(74-77-76-73(81-74)67-58-60-69(75)61-59-67)66-71(79-63-56-53-50-47-44-41-38-35-32-29-26-23-20-17-14-11-8-5-2)72(70)80-64-57-54-51-48-45-42-39-36-33-30-27-24-21-18-15-12-9-6-3/h58-61,65-66H,4-57,62-64,75H2,1-3H3. The summed E-state index contributed by atoms with van der Waals surface area (Å²) in [5.74, 6) is 3.03. The van der Waals surface area contributed by atoms with Crippen molar-refractivity contribution >= 4 is 5.69 Å². The van der Waals surface area contributed by atoms with Crippen LogP contribution in [-0.4, -0.2) is 30.0 Å². The van der Waals surface area contributed by atoms with Crippen LogP contribution in [0.3, 0.4) is 0 Å². The molecule has 7 nitrogen and oxygen atoms in total. The Morgan fingerprint density at radius 1 is 0.284 bits per heavy atom. The van der Waals surface area contributed by atoms with Gasteiger partial charge in [0.2, 0.25) is 17.5 Å². The van der Waals surface area contributed by atoms with Crippen LogP contribution in [0.1, 0.15) is 367 Å². The molecule has 81 heavy (non-hydrogen) atoms. The molecule has 1 aromatic heterocycles. The van der Waals surface area contributed by atoms with Crippen LogP contribution in [0.2, 0.25) is 0 Å². The number of anilines is 1. The Kier molecular flexibility index (Phi) is 48.7. The van der Waals surface area contributed by atoms with Crippen LogP contribution < -0.4 is 19.9 Å². The number of hydrogen-bond donors (Lipinski definition) is 1. The Morgan fingerprint density at radius 3 is 0.765 bits per heavy atom. The quantitative estimate of drug-likeness (QED) is 0.0445. The molecule has 2 aromatic carbocycles. The number of hydrogen-bond acceptors (Lipinski definition) is 7. The molecule has 0 spiro atoms. The lowest BCUT2D eigenvalue weighted by Crippen LogP contribution is -2.07. The highest BCUT2D eigenvalue weighted by atomic mass is 16.5. The third-order valence-corrected chi connectivity index (χ3v) is 17.1. The maximum Gasteiger partial charge on any atom is 0.248 e. The minimum atomic E-state index is 0.438. The Balaban J connectivity index is 1.48. The zero-order chi connectivity index (χ0) is 57.4. The van der Waals surface area contributed by atoms with Gasteiger partial charge in [0.25, 0.3) is 0 Å². The number of benzene rings is 2. The van der Waals surface area contributed by atoms with Gasteiger partial charge in [0.05, 0.1) is 19.8 Å². The van der Waals surface area contributed by atoms with Gasteiger partial charge in [0.15, 0.2) is 11.5 Å². The molecule has 0 aliphatic heterocycles. The lowest BCUT2D eigenvalue weighted by molar-refractivity contribution is 0.234. The van der Waals surface area contributed by atoms with Crippen molar-refractivity contribution < 1.29 is 18.6 Å². The molecule has 3 rings (SSSR count). The SMILES string of the molecule is CCCCCCCCCCCCCCCCCCCCOc1cc(-c2nnc(-c3ccc(N)cc3)o2)cc(OCCCCCCCCCCCCCCCCCCCC)c1OCCCCCCCCCCCCCCCCCCCC. The van der Waals surface area contributed by atoms with Gasteiger partial charge in [-0.3, -0.25) is 0 Å². The molecule has 3 aromatic rings. The number of nitrogen functional groups attached to an aromatic ring is 1. The van der Waals surface area contributed by atoms with Crippen molar-refractivity contribution in [2.45, 2.75) is 367 Å². The van der Waals surface area contributed by atoms with E-state index in [1.807, 2.05) is 36.4 Å². The summed E-state index contributed by atoms with van der Waals surface area (Å²) in [5, 5.41) is 8.97. The van der Waals surface area contributed by atoms with Crippen LogP contribution >= 0.6 is 0 Å². The molecular weight excluding hydrogens is 995 g/mol. The molecule has 466 valence electrons. The second-order valence-corrected chi connectivity index (χ2v) is 24.9. The average Bonchev–Trinajstić information content (AvgIpc) is 4.02. The largest absolute Gasteiger partial charge is 0.490 e. The molecule has 0 saturated heterocycles. The highest BCUT2D eigenvalue weighted by Gasteiger charge is 2.20. The normalized spacial score (nSPS) is 11.5. The maximum atomic E-state index is 6.73. The minimum Gasteiger partial charge on any atom is -0.490 e. The van der Waals surface area contributed by atoms with Gasteiger partial charge in [-0.15, -0.1) is 10.2 Å². The Bertz CT molecular complexity index is 1710. The van der Waals surface area contributed by atoms with Crippen molar-refractivity contribution in [3.05, 3.63) is 36.4 Å². The molecule has 0 bridgehead atoms. The first-order chi connectivity index (χ1) is 40.2. The van der Waals surface area contributed by atoms with Gasteiger partial charge in [0.1, 0.15) is 0 Å². The van der Waals surface area contributed by atoms with E-state index < -0.39 is 0 Å². The number of rotatable bonds is 62.